The predicted octanol–water partition coefficient (Wildman–Crippen LogP) is 5.54. The zero-order valence-corrected chi connectivity index (χ0v) is 18.2. The van der Waals surface area contributed by atoms with Gasteiger partial charge < -0.3 is 9.47 Å². The van der Waals surface area contributed by atoms with Crippen LogP contribution in [-0.2, 0) is 4.79 Å². The number of ether oxygens (including phenoxy) is 2. The molecule has 0 aliphatic rings. The van der Waals surface area contributed by atoms with Crippen LogP contribution in [0.3, 0.4) is 0 Å². The Hall–Kier alpha value is -3.63. The molecule has 0 saturated heterocycles. The molecule has 0 fully saturated rings. The molecule has 1 aromatic heterocycles. The number of aromatic nitrogens is 1. The van der Waals surface area contributed by atoms with Crippen LogP contribution in [0.5, 0.6) is 11.5 Å². The summed E-state index contributed by atoms with van der Waals surface area (Å²) in [5, 5.41) is 14.4. The van der Waals surface area contributed by atoms with Crippen molar-refractivity contribution in [1.82, 2.24) is 4.98 Å². The first-order valence-corrected chi connectivity index (χ1v) is 10.9. The van der Waals surface area contributed by atoms with E-state index in [2.05, 4.69) is 10.3 Å². The molecule has 1 heterocycles. The molecule has 158 valence electrons. The lowest BCUT2D eigenvalue weighted by Crippen LogP contribution is -2.13. The molecule has 31 heavy (non-hydrogen) atoms. The third-order valence-corrected chi connectivity index (χ3v) is 4.97. The molecular weight excluding hydrogens is 410 g/mol. The Morgan fingerprint density at radius 2 is 1.77 bits per heavy atom. The van der Waals surface area contributed by atoms with Crippen molar-refractivity contribution in [3.05, 3.63) is 65.0 Å². The molecular formula is C24H23N3O3S. The van der Waals surface area contributed by atoms with Gasteiger partial charge in [0.15, 0.2) is 5.13 Å². The van der Waals surface area contributed by atoms with E-state index in [1.165, 1.54) is 11.3 Å². The molecule has 6 nitrogen and oxygen atoms in total. The zero-order chi connectivity index (χ0) is 22.1. The van der Waals surface area contributed by atoms with Gasteiger partial charge in [-0.25, -0.2) is 4.98 Å². The Kier molecular flexibility index (Phi) is 7.79. The van der Waals surface area contributed by atoms with E-state index in [0.29, 0.717) is 18.3 Å². The average Bonchev–Trinajstić information content (AvgIpc) is 3.26. The standard InChI is InChI=1S/C24H23N3O3S/c1-3-13-30-21-9-5-17(6-10-21)14-19(15-25)23(28)27-24-26-22(16-31-24)18-7-11-20(12-8-18)29-4-2/h5-12,14,16H,3-4,13H2,1-2H3,(H,26,27,28)/b19-14+. The van der Waals surface area contributed by atoms with Gasteiger partial charge in [-0.1, -0.05) is 19.1 Å². The molecule has 1 amide bonds. The van der Waals surface area contributed by atoms with Crippen molar-refractivity contribution < 1.29 is 14.3 Å². The first-order chi connectivity index (χ1) is 15.1. The van der Waals surface area contributed by atoms with Gasteiger partial charge in [0.05, 0.1) is 18.9 Å². The van der Waals surface area contributed by atoms with Crippen molar-refractivity contribution in [3.63, 3.8) is 0 Å². The SMILES string of the molecule is CCCOc1ccc(/C=C(\C#N)C(=O)Nc2nc(-c3ccc(OCC)cc3)cs2)cc1. The number of anilines is 1. The summed E-state index contributed by atoms with van der Waals surface area (Å²) in [6.45, 7) is 5.23. The summed E-state index contributed by atoms with van der Waals surface area (Å²) in [6, 6.07) is 16.8. The number of hydrogen-bond donors (Lipinski definition) is 1. The first-order valence-electron chi connectivity index (χ1n) is 9.97. The van der Waals surface area contributed by atoms with Crippen LogP contribution in [0.4, 0.5) is 5.13 Å². The van der Waals surface area contributed by atoms with Crippen LogP contribution < -0.4 is 14.8 Å². The Morgan fingerprint density at radius 3 is 2.42 bits per heavy atom. The van der Waals surface area contributed by atoms with E-state index in [-0.39, 0.29) is 5.57 Å². The van der Waals surface area contributed by atoms with Crippen molar-refractivity contribution in [2.24, 2.45) is 0 Å². The minimum Gasteiger partial charge on any atom is -0.494 e. The Bertz CT molecular complexity index is 1080. The van der Waals surface area contributed by atoms with Gasteiger partial charge in [-0.15, -0.1) is 11.3 Å². The van der Waals surface area contributed by atoms with Crippen LogP contribution in [0.25, 0.3) is 17.3 Å². The molecule has 0 aliphatic heterocycles. The largest absolute Gasteiger partial charge is 0.494 e. The van der Waals surface area contributed by atoms with Crippen LogP contribution in [0, 0.1) is 11.3 Å². The third-order valence-electron chi connectivity index (χ3n) is 4.21. The fraction of sp³-hybridized carbons (Fsp3) is 0.208. The van der Waals surface area contributed by atoms with Crippen LogP contribution in [0.1, 0.15) is 25.8 Å². The van der Waals surface area contributed by atoms with Gasteiger partial charge >= 0.3 is 0 Å². The average molecular weight is 434 g/mol. The van der Waals surface area contributed by atoms with E-state index in [4.69, 9.17) is 9.47 Å². The molecule has 0 bridgehead atoms. The Labute approximate surface area is 185 Å². The molecule has 3 aromatic rings. The maximum Gasteiger partial charge on any atom is 0.268 e. The number of thiazole rings is 1. The van der Waals surface area contributed by atoms with Gasteiger partial charge in [0.2, 0.25) is 0 Å². The summed E-state index contributed by atoms with van der Waals surface area (Å²) in [5.74, 6) is 1.05. The summed E-state index contributed by atoms with van der Waals surface area (Å²) in [6.07, 6.45) is 2.47. The molecule has 3 rings (SSSR count). The van der Waals surface area contributed by atoms with Gasteiger partial charge in [-0.05, 0) is 61.4 Å². The Balaban J connectivity index is 1.67. The molecule has 1 N–H and O–H groups in total. The second-order valence-electron chi connectivity index (χ2n) is 6.54. The predicted molar refractivity (Wildman–Crippen MR) is 123 cm³/mol. The number of hydrogen-bond acceptors (Lipinski definition) is 6. The number of rotatable bonds is 9. The van der Waals surface area contributed by atoms with Crippen molar-refractivity contribution in [3.8, 4) is 28.8 Å². The van der Waals surface area contributed by atoms with Crippen molar-refractivity contribution in [1.29, 1.82) is 5.26 Å². The van der Waals surface area contributed by atoms with Crippen molar-refractivity contribution >= 4 is 28.5 Å². The lowest BCUT2D eigenvalue weighted by molar-refractivity contribution is -0.112. The summed E-state index contributed by atoms with van der Waals surface area (Å²) >= 11 is 1.30. The molecule has 0 aliphatic carbocycles. The normalized spacial score (nSPS) is 10.9. The highest BCUT2D eigenvalue weighted by Gasteiger charge is 2.13. The van der Waals surface area contributed by atoms with E-state index in [9.17, 15) is 10.1 Å². The minimum atomic E-state index is -0.499. The fourth-order valence-electron chi connectivity index (χ4n) is 2.71. The second kappa shape index (κ2) is 11.0. The smallest absolute Gasteiger partial charge is 0.268 e. The second-order valence-corrected chi connectivity index (χ2v) is 7.39. The number of carbonyl (C=O) groups is 1. The van der Waals surface area contributed by atoms with Gasteiger partial charge in [0.25, 0.3) is 5.91 Å². The maximum absolute atomic E-state index is 12.5. The lowest BCUT2D eigenvalue weighted by Gasteiger charge is -2.05. The quantitative estimate of drug-likeness (QED) is 0.354. The highest BCUT2D eigenvalue weighted by molar-refractivity contribution is 7.14. The maximum atomic E-state index is 12.5. The minimum absolute atomic E-state index is 0.0000406. The van der Waals surface area contributed by atoms with E-state index in [1.54, 1.807) is 6.08 Å². The van der Waals surface area contributed by atoms with Crippen molar-refractivity contribution in [2.75, 3.05) is 18.5 Å². The van der Waals surface area contributed by atoms with E-state index in [1.807, 2.05) is 73.8 Å². The highest BCUT2D eigenvalue weighted by Crippen LogP contribution is 2.27. The topological polar surface area (TPSA) is 84.2 Å². The highest BCUT2D eigenvalue weighted by atomic mass is 32.1. The Morgan fingerprint density at radius 1 is 1.10 bits per heavy atom. The van der Waals surface area contributed by atoms with Crippen LogP contribution >= 0.6 is 11.3 Å². The van der Waals surface area contributed by atoms with Gasteiger partial charge in [0.1, 0.15) is 23.1 Å². The third kappa shape index (κ3) is 6.17. The number of carbonyl (C=O) groups excluding carboxylic acids is 1. The van der Waals surface area contributed by atoms with Crippen molar-refractivity contribution in [2.45, 2.75) is 20.3 Å². The monoisotopic (exact) mass is 433 g/mol. The summed E-state index contributed by atoms with van der Waals surface area (Å²) in [4.78, 5) is 17.0. The summed E-state index contributed by atoms with van der Waals surface area (Å²) in [7, 11) is 0. The lowest BCUT2D eigenvalue weighted by atomic mass is 10.1. The zero-order valence-electron chi connectivity index (χ0n) is 17.4. The van der Waals surface area contributed by atoms with E-state index in [0.717, 1.165) is 34.7 Å². The summed E-state index contributed by atoms with van der Waals surface area (Å²) < 4.78 is 11.0. The molecule has 0 radical (unpaired) electrons. The van der Waals surface area contributed by atoms with E-state index < -0.39 is 5.91 Å². The molecule has 0 spiro atoms. The first kappa shape index (κ1) is 22.1. The molecule has 0 atom stereocenters. The molecule has 0 saturated carbocycles. The van der Waals surface area contributed by atoms with Gasteiger partial charge in [0, 0.05) is 10.9 Å². The van der Waals surface area contributed by atoms with Crippen LogP contribution in [0.2, 0.25) is 0 Å². The van der Waals surface area contributed by atoms with Crippen LogP contribution in [-0.4, -0.2) is 24.1 Å². The van der Waals surface area contributed by atoms with E-state index >= 15 is 0 Å². The molecule has 0 unspecified atom stereocenters. The number of benzene rings is 2. The van der Waals surface area contributed by atoms with Crippen LogP contribution in [0.15, 0.2) is 59.5 Å². The molecule has 2 aromatic carbocycles. The summed E-state index contributed by atoms with van der Waals surface area (Å²) in [5.41, 5.74) is 2.40. The van der Waals surface area contributed by atoms with Gasteiger partial charge in [-0.2, -0.15) is 5.26 Å². The number of amides is 1. The number of nitrogens with zero attached hydrogens (tertiary/aromatic N) is 2. The van der Waals surface area contributed by atoms with Gasteiger partial charge in [-0.3, -0.25) is 10.1 Å². The molecule has 7 heteroatoms. The number of nitrogens with one attached hydrogen (secondary N) is 1. The fourth-order valence-corrected chi connectivity index (χ4v) is 3.43. The number of nitriles is 1.